The molecule has 0 fully saturated rings. The maximum atomic E-state index is 12.6. The molecule has 0 radical (unpaired) electrons. The average Bonchev–Trinajstić information content (AvgIpc) is 2.70. The van der Waals surface area contributed by atoms with E-state index in [1.54, 1.807) is 17.2 Å². The molecule has 0 unspecified atom stereocenters. The predicted octanol–water partition coefficient (Wildman–Crippen LogP) is 4.80. The molecule has 2 aromatic rings. The summed E-state index contributed by atoms with van der Waals surface area (Å²) in [6.07, 6.45) is 2.04. The number of hydrogen-bond acceptors (Lipinski definition) is 4. The molecule has 0 N–H and O–H groups in total. The van der Waals surface area contributed by atoms with Gasteiger partial charge in [-0.05, 0) is 45.4 Å². The van der Waals surface area contributed by atoms with Crippen molar-refractivity contribution < 1.29 is 14.3 Å². The summed E-state index contributed by atoms with van der Waals surface area (Å²) in [5.41, 5.74) is 1.16. The van der Waals surface area contributed by atoms with Gasteiger partial charge >= 0.3 is 6.09 Å². The first-order valence-corrected chi connectivity index (χ1v) is 8.86. The lowest BCUT2D eigenvalue weighted by Crippen LogP contribution is -2.40. The van der Waals surface area contributed by atoms with Crippen molar-refractivity contribution in [2.75, 3.05) is 6.54 Å². The third kappa shape index (κ3) is 3.98. The van der Waals surface area contributed by atoms with Crippen LogP contribution >= 0.6 is 11.6 Å². The molecule has 1 aliphatic rings. The van der Waals surface area contributed by atoms with Crippen LogP contribution in [-0.2, 0) is 11.3 Å². The van der Waals surface area contributed by atoms with Gasteiger partial charge in [0, 0.05) is 17.1 Å². The minimum absolute atomic E-state index is 0.0957. The Morgan fingerprint density at radius 3 is 2.88 bits per heavy atom. The lowest BCUT2D eigenvalue weighted by Gasteiger charge is -2.27. The Kier molecular flexibility index (Phi) is 4.78. The fraction of sp³-hybridized carbons (Fsp3) is 0.474. The van der Waals surface area contributed by atoms with Gasteiger partial charge in [0.25, 0.3) is 0 Å². The SMILES string of the molecule is CC[C@@H]1CN(C(=O)OC(C)(C)C)Cc2cc3nccc(Cl)c3cc2O1. The van der Waals surface area contributed by atoms with Crippen LogP contribution in [-0.4, -0.2) is 34.2 Å². The number of benzene rings is 1. The van der Waals surface area contributed by atoms with E-state index < -0.39 is 5.60 Å². The molecule has 2 heterocycles. The number of ether oxygens (including phenoxy) is 2. The number of rotatable bonds is 1. The highest BCUT2D eigenvalue weighted by molar-refractivity contribution is 6.35. The standard InChI is InChI=1S/C19H23ClN2O3/c1-5-13-11-22(18(23)25-19(2,3)4)10-12-8-16-14(9-17(12)24-13)15(20)6-7-21-16/h6-9,13H,5,10-11H2,1-4H3/t13-/m1/s1. The van der Waals surface area contributed by atoms with Crippen LogP contribution < -0.4 is 4.74 Å². The van der Waals surface area contributed by atoms with Gasteiger partial charge in [-0.15, -0.1) is 0 Å². The predicted molar refractivity (Wildman–Crippen MR) is 98.1 cm³/mol. The normalized spacial score (nSPS) is 17.6. The molecule has 1 aliphatic heterocycles. The summed E-state index contributed by atoms with van der Waals surface area (Å²) in [5, 5.41) is 1.49. The zero-order valence-electron chi connectivity index (χ0n) is 15.0. The molecule has 0 aliphatic carbocycles. The number of fused-ring (bicyclic) bond motifs is 2. The van der Waals surface area contributed by atoms with Crippen molar-refractivity contribution in [3.63, 3.8) is 0 Å². The van der Waals surface area contributed by atoms with Crippen molar-refractivity contribution in [3.05, 3.63) is 35.0 Å². The molecule has 25 heavy (non-hydrogen) atoms. The van der Waals surface area contributed by atoms with Gasteiger partial charge in [-0.2, -0.15) is 0 Å². The minimum atomic E-state index is -0.534. The number of halogens is 1. The van der Waals surface area contributed by atoms with Gasteiger partial charge in [0.05, 0.1) is 23.6 Å². The number of nitrogens with zero attached hydrogens (tertiary/aromatic N) is 2. The van der Waals surface area contributed by atoms with E-state index in [2.05, 4.69) is 4.98 Å². The topological polar surface area (TPSA) is 51.7 Å². The van der Waals surface area contributed by atoms with Gasteiger partial charge < -0.3 is 14.4 Å². The van der Waals surface area contributed by atoms with Crippen molar-refractivity contribution in [1.82, 2.24) is 9.88 Å². The zero-order valence-corrected chi connectivity index (χ0v) is 15.8. The van der Waals surface area contributed by atoms with Crippen LogP contribution in [0.3, 0.4) is 0 Å². The number of carbonyl (C=O) groups is 1. The Bertz CT molecular complexity index is 801. The van der Waals surface area contributed by atoms with Crippen molar-refractivity contribution in [2.45, 2.75) is 52.4 Å². The van der Waals surface area contributed by atoms with Crippen LogP contribution in [0.5, 0.6) is 5.75 Å². The maximum Gasteiger partial charge on any atom is 0.410 e. The molecule has 1 atom stereocenters. The third-order valence-electron chi connectivity index (χ3n) is 4.06. The molecule has 5 nitrogen and oxygen atoms in total. The molecule has 3 rings (SSSR count). The quantitative estimate of drug-likeness (QED) is 0.731. The Morgan fingerprint density at radius 2 is 2.20 bits per heavy atom. The largest absolute Gasteiger partial charge is 0.488 e. The molecular weight excluding hydrogens is 340 g/mol. The lowest BCUT2D eigenvalue weighted by atomic mass is 10.1. The minimum Gasteiger partial charge on any atom is -0.488 e. The van der Waals surface area contributed by atoms with E-state index in [4.69, 9.17) is 21.1 Å². The number of hydrogen-bond donors (Lipinski definition) is 0. The van der Waals surface area contributed by atoms with Crippen LogP contribution in [0.4, 0.5) is 4.79 Å². The average molecular weight is 363 g/mol. The van der Waals surface area contributed by atoms with Gasteiger partial charge in [0.15, 0.2) is 0 Å². The van der Waals surface area contributed by atoms with Crippen molar-refractivity contribution in [2.24, 2.45) is 0 Å². The number of amides is 1. The first-order chi connectivity index (χ1) is 11.8. The summed E-state index contributed by atoms with van der Waals surface area (Å²) < 4.78 is 11.7. The van der Waals surface area contributed by atoms with Crippen molar-refractivity contribution in [1.29, 1.82) is 0 Å². The molecule has 1 aromatic carbocycles. The van der Waals surface area contributed by atoms with Crippen molar-refractivity contribution in [3.8, 4) is 5.75 Å². The Labute approximate surface area is 152 Å². The molecule has 0 spiro atoms. The summed E-state index contributed by atoms with van der Waals surface area (Å²) in [4.78, 5) is 18.6. The van der Waals surface area contributed by atoms with Crippen LogP contribution in [0.1, 0.15) is 39.7 Å². The van der Waals surface area contributed by atoms with E-state index >= 15 is 0 Å². The first-order valence-electron chi connectivity index (χ1n) is 8.48. The first kappa shape index (κ1) is 17.8. The monoisotopic (exact) mass is 362 g/mol. The zero-order chi connectivity index (χ0) is 18.2. The highest BCUT2D eigenvalue weighted by Crippen LogP contribution is 2.33. The molecule has 134 valence electrons. The Morgan fingerprint density at radius 1 is 1.44 bits per heavy atom. The molecule has 1 aromatic heterocycles. The van der Waals surface area contributed by atoms with E-state index in [1.165, 1.54) is 0 Å². The fourth-order valence-electron chi connectivity index (χ4n) is 2.83. The number of carbonyl (C=O) groups excluding carboxylic acids is 1. The second-order valence-electron chi connectivity index (χ2n) is 7.28. The highest BCUT2D eigenvalue weighted by atomic mass is 35.5. The fourth-order valence-corrected chi connectivity index (χ4v) is 3.03. The Hall–Kier alpha value is -2.01. The van der Waals surface area contributed by atoms with Gasteiger partial charge in [-0.1, -0.05) is 18.5 Å². The molecule has 1 amide bonds. The van der Waals surface area contributed by atoms with Crippen LogP contribution in [0.2, 0.25) is 5.02 Å². The summed E-state index contributed by atoms with van der Waals surface area (Å²) in [7, 11) is 0. The second kappa shape index (κ2) is 6.71. The van der Waals surface area contributed by atoms with Crippen LogP contribution in [0.15, 0.2) is 24.4 Å². The van der Waals surface area contributed by atoms with E-state index in [0.717, 1.165) is 28.6 Å². The summed E-state index contributed by atoms with van der Waals surface area (Å²) in [5.74, 6) is 0.750. The highest BCUT2D eigenvalue weighted by Gasteiger charge is 2.29. The van der Waals surface area contributed by atoms with Gasteiger partial charge in [0.2, 0.25) is 0 Å². The van der Waals surface area contributed by atoms with Crippen LogP contribution in [0.25, 0.3) is 10.9 Å². The molecular formula is C19H23ClN2O3. The smallest absolute Gasteiger partial charge is 0.410 e. The molecule has 6 heteroatoms. The summed E-state index contributed by atoms with van der Waals surface area (Å²) in [6, 6.07) is 5.62. The molecule has 0 saturated heterocycles. The van der Waals surface area contributed by atoms with E-state index in [9.17, 15) is 4.79 Å². The summed E-state index contributed by atoms with van der Waals surface area (Å²) in [6.45, 7) is 8.54. The van der Waals surface area contributed by atoms with Gasteiger partial charge in [0.1, 0.15) is 17.5 Å². The van der Waals surface area contributed by atoms with Crippen molar-refractivity contribution >= 4 is 28.6 Å². The Balaban J connectivity index is 1.99. The van der Waals surface area contributed by atoms with E-state index in [1.807, 2.05) is 39.8 Å². The van der Waals surface area contributed by atoms with E-state index in [-0.39, 0.29) is 12.2 Å². The number of aromatic nitrogens is 1. The van der Waals surface area contributed by atoms with Crippen LogP contribution in [0, 0.1) is 0 Å². The number of pyridine rings is 1. The second-order valence-corrected chi connectivity index (χ2v) is 7.69. The summed E-state index contributed by atoms with van der Waals surface area (Å²) >= 11 is 6.28. The lowest BCUT2D eigenvalue weighted by molar-refractivity contribution is 0.0177. The molecule has 0 bridgehead atoms. The maximum absolute atomic E-state index is 12.6. The van der Waals surface area contributed by atoms with E-state index in [0.29, 0.717) is 18.1 Å². The van der Waals surface area contributed by atoms with Gasteiger partial charge in [-0.25, -0.2) is 4.79 Å². The third-order valence-corrected chi connectivity index (χ3v) is 4.39. The molecule has 0 saturated carbocycles. The van der Waals surface area contributed by atoms with Gasteiger partial charge in [-0.3, -0.25) is 4.98 Å².